The van der Waals surface area contributed by atoms with Gasteiger partial charge in [-0.25, -0.2) is 0 Å². The molecule has 1 aliphatic heterocycles. The van der Waals surface area contributed by atoms with Crippen LogP contribution in [0.15, 0.2) is 48.5 Å². The highest BCUT2D eigenvalue weighted by atomic mass is 16.6. The number of Topliss-reactive ketones (excluding diaryl/α,β-unsaturated/α-hetero) is 1. The molecule has 0 saturated heterocycles. The Hall–Kier alpha value is -3.37. The summed E-state index contributed by atoms with van der Waals surface area (Å²) in [5.74, 6) is -0.164. The standard InChI is InChI=1S/C31H40N2O7/c1-25(34)14-16-37-18-20-39-22-23-40-21-19-38-17-15-32-30(35)12-13-31(36)33-24-28-8-3-2-6-26(28)10-11-27-7-4-5-9-29(27)33/h2-11H,12-24H2,1H3,(H,32,35)/b11-10-. The van der Waals surface area contributed by atoms with Crippen molar-refractivity contribution in [3.8, 4) is 0 Å². The summed E-state index contributed by atoms with van der Waals surface area (Å²) in [6, 6.07) is 15.8. The average molecular weight is 553 g/mol. The Morgan fingerprint density at radius 1 is 0.700 bits per heavy atom. The number of nitrogens with one attached hydrogen (secondary N) is 1. The lowest BCUT2D eigenvalue weighted by molar-refractivity contribution is -0.125. The summed E-state index contributed by atoms with van der Waals surface area (Å²) in [4.78, 5) is 38.1. The fourth-order valence-electron chi connectivity index (χ4n) is 4.06. The van der Waals surface area contributed by atoms with Crippen molar-refractivity contribution >= 4 is 35.4 Å². The van der Waals surface area contributed by atoms with Gasteiger partial charge in [-0.15, -0.1) is 0 Å². The summed E-state index contributed by atoms with van der Waals surface area (Å²) in [5.41, 5.74) is 3.95. The Morgan fingerprint density at radius 3 is 1.98 bits per heavy atom. The first-order valence-electron chi connectivity index (χ1n) is 13.8. The van der Waals surface area contributed by atoms with E-state index in [2.05, 4.69) is 11.4 Å². The summed E-state index contributed by atoms with van der Waals surface area (Å²) in [7, 11) is 0. The van der Waals surface area contributed by atoms with Crippen LogP contribution in [0.25, 0.3) is 12.2 Å². The number of benzene rings is 2. The molecule has 9 heteroatoms. The minimum Gasteiger partial charge on any atom is -0.379 e. The van der Waals surface area contributed by atoms with E-state index >= 15 is 0 Å². The van der Waals surface area contributed by atoms with Gasteiger partial charge in [-0.1, -0.05) is 54.6 Å². The number of para-hydroxylation sites is 1. The first-order valence-corrected chi connectivity index (χ1v) is 13.8. The zero-order valence-corrected chi connectivity index (χ0v) is 23.3. The third-order valence-electron chi connectivity index (χ3n) is 6.20. The van der Waals surface area contributed by atoms with Crippen molar-refractivity contribution in [3.05, 3.63) is 65.2 Å². The molecular weight excluding hydrogens is 512 g/mol. The van der Waals surface area contributed by atoms with E-state index in [1.165, 1.54) is 6.92 Å². The quantitative estimate of drug-likeness (QED) is 0.282. The van der Waals surface area contributed by atoms with Crippen LogP contribution >= 0.6 is 0 Å². The Balaban J connectivity index is 1.25. The molecule has 1 aliphatic rings. The van der Waals surface area contributed by atoms with Crippen molar-refractivity contribution in [1.29, 1.82) is 0 Å². The molecule has 0 fully saturated rings. The van der Waals surface area contributed by atoms with Crippen LogP contribution in [-0.4, -0.2) is 77.0 Å². The molecule has 2 aromatic rings. The zero-order valence-electron chi connectivity index (χ0n) is 23.3. The Morgan fingerprint density at radius 2 is 1.27 bits per heavy atom. The van der Waals surface area contributed by atoms with Gasteiger partial charge < -0.3 is 29.2 Å². The van der Waals surface area contributed by atoms with Gasteiger partial charge in [0, 0.05) is 25.8 Å². The summed E-state index contributed by atoms with van der Waals surface area (Å²) in [5, 5.41) is 2.81. The van der Waals surface area contributed by atoms with Crippen LogP contribution in [-0.2, 0) is 39.9 Å². The van der Waals surface area contributed by atoms with Gasteiger partial charge in [0.25, 0.3) is 0 Å². The number of rotatable bonds is 18. The molecular formula is C31H40N2O7. The number of amides is 2. The lowest BCUT2D eigenvalue weighted by Crippen LogP contribution is -2.33. The van der Waals surface area contributed by atoms with Crippen molar-refractivity contribution in [2.75, 3.05) is 64.3 Å². The van der Waals surface area contributed by atoms with E-state index in [9.17, 15) is 14.4 Å². The zero-order chi connectivity index (χ0) is 28.4. The van der Waals surface area contributed by atoms with Crippen molar-refractivity contribution in [3.63, 3.8) is 0 Å². The van der Waals surface area contributed by atoms with Gasteiger partial charge in [0.2, 0.25) is 11.8 Å². The van der Waals surface area contributed by atoms with Gasteiger partial charge in [-0.3, -0.25) is 14.4 Å². The van der Waals surface area contributed by atoms with Gasteiger partial charge in [0.1, 0.15) is 5.78 Å². The first kappa shape index (κ1) is 31.2. The van der Waals surface area contributed by atoms with Crippen LogP contribution in [0.3, 0.4) is 0 Å². The Bertz CT molecular complexity index is 1120. The SMILES string of the molecule is CC(=O)CCOCCOCCOCCOCCNC(=O)CCC(=O)N1Cc2ccccc2/C=C\c2ccccc21. The number of nitrogens with zero attached hydrogens (tertiary/aromatic N) is 1. The van der Waals surface area contributed by atoms with Crippen molar-refractivity contribution < 1.29 is 33.3 Å². The summed E-state index contributed by atoms with van der Waals surface area (Å²) < 4.78 is 21.6. The number of fused-ring (bicyclic) bond motifs is 2. The molecule has 0 radical (unpaired) electrons. The number of hydrogen-bond donors (Lipinski definition) is 1. The van der Waals surface area contributed by atoms with Crippen LogP contribution in [0, 0.1) is 0 Å². The van der Waals surface area contributed by atoms with Crippen LogP contribution in [0.1, 0.15) is 42.9 Å². The first-order chi connectivity index (χ1) is 19.5. The van der Waals surface area contributed by atoms with Crippen molar-refractivity contribution in [1.82, 2.24) is 5.32 Å². The molecule has 3 rings (SSSR count). The molecule has 2 amide bonds. The number of carbonyl (C=O) groups excluding carboxylic acids is 3. The van der Waals surface area contributed by atoms with Gasteiger partial charge in [-0.2, -0.15) is 0 Å². The number of ketones is 1. The topological polar surface area (TPSA) is 103 Å². The molecule has 216 valence electrons. The molecule has 0 saturated carbocycles. The highest BCUT2D eigenvalue weighted by Gasteiger charge is 2.21. The second-order valence-electron chi connectivity index (χ2n) is 9.32. The Kier molecular flexibility index (Phi) is 14.1. The molecule has 0 spiro atoms. The van der Waals surface area contributed by atoms with Gasteiger partial charge >= 0.3 is 0 Å². The van der Waals surface area contributed by atoms with Gasteiger partial charge in [-0.05, 0) is 29.7 Å². The lowest BCUT2D eigenvalue weighted by Gasteiger charge is -2.27. The van der Waals surface area contributed by atoms with Crippen LogP contribution in [0.5, 0.6) is 0 Å². The van der Waals surface area contributed by atoms with Crippen LogP contribution < -0.4 is 10.2 Å². The minimum atomic E-state index is -0.184. The van der Waals surface area contributed by atoms with Crippen molar-refractivity contribution in [2.45, 2.75) is 32.7 Å². The van der Waals surface area contributed by atoms with E-state index in [-0.39, 0.29) is 30.4 Å². The molecule has 2 aromatic carbocycles. The fourth-order valence-corrected chi connectivity index (χ4v) is 4.06. The molecule has 9 nitrogen and oxygen atoms in total. The normalized spacial score (nSPS) is 13.1. The van der Waals surface area contributed by atoms with Crippen LogP contribution in [0.2, 0.25) is 0 Å². The predicted molar refractivity (Wildman–Crippen MR) is 154 cm³/mol. The fraction of sp³-hybridized carbons (Fsp3) is 0.452. The summed E-state index contributed by atoms with van der Waals surface area (Å²) in [6.07, 6.45) is 4.75. The lowest BCUT2D eigenvalue weighted by atomic mass is 10.0. The van der Waals surface area contributed by atoms with Crippen LogP contribution in [0.4, 0.5) is 5.69 Å². The molecule has 0 bridgehead atoms. The van der Waals surface area contributed by atoms with E-state index in [1.807, 2.05) is 54.6 Å². The second kappa shape index (κ2) is 18.1. The highest BCUT2D eigenvalue weighted by Crippen LogP contribution is 2.29. The highest BCUT2D eigenvalue weighted by molar-refractivity contribution is 5.98. The molecule has 0 unspecified atom stereocenters. The summed E-state index contributed by atoms with van der Waals surface area (Å²) >= 11 is 0. The molecule has 0 aliphatic carbocycles. The maximum Gasteiger partial charge on any atom is 0.227 e. The average Bonchev–Trinajstić information content (AvgIpc) is 2.95. The monoisotopic (exact) mass is 552 g/mol. The third-order valence-corrected chi connectivity index (χ3v) is 6.20. The molecule has 40 heavy (non-hydrogen) atoms. The second-order valence-corrected chi connectivity index (χ2v) is 9.32. The largest absolute Gasteiger partial charge is 0.379 e. The molecule has 1 heterocycles. The molecule has 0 aromatic heterocycles. The number of carbonyl (C=O) groups is 3. The van der Waals surface area contributed by atoms with Gasteiger partial charge in [0.15, 0.2) is 0 Å². The number of ether oxygens (including phenoxy) is 4. The maximum atomic E-state index is 13.2. The van der Waals surface area contributed by atoms with E-state index in [1.54, 1.807) is 4.90 Å². The Labute approximate surface area is 236 Å². The summed E-state index contributed by atoms with van der Waals surface area (Å²) in [6.45, 7) is 5.80. The van der Waals surface area contributed by atoms with Crippen molar-refractivity contribution in [2.24, 2.45) is 0 Å². The minimum absolute atomic E-state index is 0.0920. The molecule has 0 atom stereocenters. The maximum absolute atomic E-state index is 13.2. The predicted octanol–water partition coefficient (Wildman–Crippen LogP) is 3.65. The molecule has 1 N–H and O–H groups in total. The van der Waals surface area contributed by atoms with E-state index in [0.717, 1.165) is 22.4 Å². The smallest absolute Gasteiger partial charge is 0.227 e. The third kappa shape index (κ3) is 11.4. The van der Waals surface area contributed by atoms with E-state index in [4.69, 9.17) is 18.9 Å². The van der Waals surface area contributed by atoms with Gasteiger partial charge in [0.05, 0.1) is 65.1 Å². The number of anilines is 1. The van der Waals surface area contributed by atoms with E-state index in [0.29, 0.717) is 72.4 Å². The van der Waals surface area contributed by atoms with E-state index < -0.39 is 0 Å². The number of hydrogen-bond acceptors (Lipinski definition) is 7.